The monoisotopic (exact) mass is 236 g/mol. The molecule has 86 valence electrons. The standard InChI is InChI=1S/C11H16N4S/c1-4-15-6-5-12-11(15)14-9(3)10-13-8(2)7-16-10/h5-7,9H,4H2,1-3H3,(H,12,14). The fourth-order valence-corrected chi connectivity index (χ4v) is 2.33. The Balaban J connectivity index is 2.10. The molecule has 0 saturated carbocycles. The predicted molar refractivity (Wildman–Crippen MR) is 66.8 cm³/mol. The van der Waals surface area contributed by atoms with Crippen LogP contribution in [0.5, 0.6) is 0 Å². The molecule has 2 heterocycles. The summed E-state index contributed by atoms with van der Waals surface area (Å²) >= 11 is 1.68. The molecule has 1 unspecified atom stereocenters. The molecular formula is C11H16N4S. The molecule has 0 fully saturated rings. The number of nitrogens with one attached hydrogen (secondary N) is 1. The molecule has 0 aliphatic rings. The second kappa shape index (κ2) is 4.65. The van der Waals surface area contributed by atoms with Crippen LogP contribution in [0.4, 0.5) is 5.95 Å². The van der Waals surface area contributed by atoms with Crippen molar-refractivity contribution < 1.29 is 0 Å². The summed E-state index contributed by atoms with van der Waals surface area (Å²) in [6, 6.07) is 0.200. The van der Waals surface area contributed by atoms with E-state index in [1.807, 2.05) is 19.3 Å². The van der Waals surface area contributed by atoms with Gasteiger partial charge in [-0.2, -0.15) is 0 Å². The molecule has 5 heteroatoms. The van der Waals surface area contributed by atoms with E-state index in [1.54, 1.807) is 11.3 Å². The first kappa shape index (κ1) is 11.1. The van der Waals surface area contributed by atoms with Crippen LogP contribution in [-0.4, -0.2) is 14.5 Å². The van der Waals surface area contributed by atoms with Crippen molar-refractivity contribution in [2.24, 2.45) is 0 Å². The van der Waals surface area contributed by atoms with E-state index in [0.717, 1.165) is 23.2 Å². The second-order valence-corrected chi connectivity index (χ2v) is 4.62. The smallest absolute Gasteiger partial charge is 0.203 e. The highest BCUT2D eigenvalue weighted by atomic mass is 32.1. The Morgan fingerprint density at radius 1 is 1.56 bits per heavy atom. The molecule has 0 amide bonds. The Labute approximate surface area is 99.4 Å². The van der Waals surface area contributed by atoms with Gasteiger partial charge in [0.25, 0.3) is 0 Å². The van der Waals surface area contributed by atoms with Gasteiger partial charge in [0.15, 0.2) is 0 Å². The summed E-state index contributed by atoms with van der Waals surface area (Å²) in [5, 5.41) is 6.54. The Morgan fingerprint density at radius 2 is 2.38 bits per heavy atom. The molecule has 16 heavy (non-hydrogen) atoms. The molecule has 0 aliphatic carbocycles. The van der Waals surface area contributed by atoms with E-state index in [2.05, 4.69) is 39.1 Å². The minimum Gasteiger partial charge on any atom is -0.347 e. The highest BCUT2D eigenvalue weighted by molar-refractivity contribution is 7.09. The van der Waals surface area contributed by atoms with Gasteiger partial charge in [-0.15, -0.1) is 11.3 Å². The van der Waals surface area contributed by atoms with Crippen LogP contribution in [0.2, 0.25) is 0 Å². The van der Waals surface area contributed by atoms with Gasteiger partial charge in [-0.1, -0.05) is 0 Å². The zero-order chi connectivity index (χ0) is 11.5. The number of hydrogen-bond acceptors (Lipinski definition) is 4. The van der Waals surface area contributed by atoms with Crippen LogP contribution in [0, 0.1) is 6.92 Å². The van der Waals surface area contributed by atoms with Crippen molar-refractivity contribution in [1.82, 2.24) is 14.5 Å². The molecule has 1 N–H and O–H groups in total. The van der Waals surface area contributed by atoms with Gasteiger partial charge < -0.3 is 9.88 Å². The lowest BCUT2D eigenvalue weighted by molar-refractivity contribution is 0.741. The third-order valence-electron chi connectivity index (χ3n) is 2.41. The molecule has 2 aromatic heterocycles. The zero-order valence-corrected chi connectivity index (χ0v) is 10.6. The number of hydrogen-bond donors (Lipinski definition) is 1. The van der Waals surface area contributed by atoms with E-state index in [4.69, 9.17) is 0 Å². The van der Waals surface area contributed by atoms with Gasteiger partial charge in [0.2, 0.25) is 5.95 Å². The third-order valence-corrected chi connectivity index (χ3v) is 3.55. The van der Waals surface area contributed by atoms with Gasteiger partial charge in [-0.25, -0.2) is 9.97 Å². The van der Waals surface area contributed by atoms with E-state index < -0.39 is 0 Å². The highest BCUT2D eigenvalue weighted by Crippen LogP contribution is 2.21. The molecule has 0 bridgehead atoms. The summed E-state index contributed by atoms with van der Waals surface area (Å²) in [6.45, 7) is 7.14. The Morgan fingerprint density at radius 3 is 3.00 bits per heavy atom. The van der Waals surface area contributed by atoms with Gasteiger partial charge in [-0.3, -0.25) is 0 Å². The maximum Gasteiger partial charge on any atom is 0.203 e. The van der Waals surface area contributed by atoms with E-state index in [0.29, 0.717) is 0 Å². The lowest BCUT2D eigenvalue weighted by Gasteiger charge is -2.12. The van der Waals surface area contributed by atoms with Crippen LogP contribution in [-0.2, 0) is 6.54 Å². The number of aryl methyl sites for hydroxylation is 2. The number of thiazole rings is 1. The molecule has 0 aromatic carbocycles. The predicted octanol–water partition coefficient (Wildman–Crippen LogP) is 2.84. The SMILES string of the molecule is CCn1ccnc1NC(C)c1nc(C)cs1. The molecule has 1 atom stereocenters. The summed E-state index contributed by atoms with van der Waals surface area (Å²) in [6.07, 6.45) is 3.79. The Kier molecular flexibility index (Phi) is 3.24. The lowest BCUT2D eigenvalue weighted by atomic mass is 10.3. The van der Waals surface area contributed by atoms with Gasteiger partial charge in [0.1, 0.15) is 5.01 Å². The number of anilines is 1. The second-order valence-electron chi connectivity index (χ2n) is 3.73. The fourth-order valence-electron chi connectivity index (χ4n) is 1.53. The zero-order valence-electron chi connectivity index (χ0n) is 9.77. The maximum atomic E-state index is 4.47. The quantitative estimate of drug-likeness (QED) is 0.887. The summed E-state index contributed by atoms with van der Waals surface area (Å²) in [4.78, 5) is 8.75. The van der Waals surface area contributed by atoms with Crippen LogP contribution < -0.4 is 5.32 Å². The van der Waals surface area contributed by atoms with Crippen molar-refractivity contribution in [3.63, 3.8) is 0 Å². The van der Waals surface area contributed by atoms with Crippen LogP contribution >= 0.6 is 11.3 Å². The number of rotatable bonds is 4. The van der Waals surface area contributed by atoms with Crippen LogP contribution in [0.15, 0.2) is 17.8 Å². The number of nitrogens with zero attached hydrogens (tertiary/aromatic N) is 3. The molecule has 4 nitrogen and oxygen atoms in total. The molecule has 0 radical (unpaired) electrons. The van der Waals surface area contributed by atoms with E-state index in [1.165, 1.54) is 0 Å². The molecule has 0 aliphatic heterocycles. The average molecular weight is 236 g/mol. The normalized spacial score (nSPS) is 12.7. The third kappa shape index (κ3) is 2.24. The summed E-state index contributed by atoms with van der Waals surface area (Å²) in [5.74, 6) is 0.905. The van der Waals surface area contributed by atoms with Crippen molar-refractivity contribution in [3.8, 4) is 0 Å². The molecule has 0 saturated heterocycles. The van der Waals surface area contributed by atoms with E-state index in [-0.39, 0.29) is 6.04 Å². The van der Waals surface area contributed by atoms with Crippen LogP contribution in [0.3, 0.4) is 0 Å². The van der Waals surface area contributed by atoms with E-state index >= 15 is 0 Å². The summed E-state index contributed by atoms with van der Waals surface area (Å²) in [5.41, 5.74) is 1.08. The van der Waals surface area contributed by atoms with Crippen molar-refractivity contribution in [3.05, 3.63) is 28.5 Å². The number of aromatic nitrogens is 3. The topological polar surface area (TPSA) is 42.7 Å². The molecule has 2 rings (SSSR count). The number of imidazole rings is 1. The maximum absolute atomic E-state index is 4.47. The van der Waals surface area contributed by atoms with Gasteiger partial charge in [0, 0.05) is 30.0 Å². The van der Waals surface area contributed by atoms with Crippen molar-refractivity contribution in [2.75, 3.05) is 5.32 Å². The first-order chi connectivity index (χ1) is 7.70. The first-order valence-electron chi connectivity index (χ1n) is 5.40. The van der Waals surface area contributed by atoms with Crippen molar-refractivity contribution >= 4 is 17.3 Å². The highest BCUT2D eigenvalue weighted by Gasteiger charge is 2.11. The minimum atomic E-state index is 0.200. The average Bonchev–Trinajstić information content (AvgIpc) is 2.86. The van der Waals surface area contributed by atoms with E-state index in [9.17, 15) is 0 Å². The first-order valence-corrected chi connectivity index (χ1v) is 6.28. The molecule has 2 aromatic rings. The minimum absolute atomic E-state index is 0.200. The van der Waals surface area contributed by atoms with Crippen LogP contribution in [0.25, 0.3) is 0 Å². The van der Waals surface area contributed by atoms with Gasteiger partial charge >= 0.3 is 0 Å². The Bertz CT molecular complexity index is 460. The fraction of sp³-hybridized carbons (Fsp3) is 0.455. The van der Waals surface area contributed by atoms with Gasteiger partial charge in [-0.05, 0) is 20.8 Å². The van der Waals surface area contributed by atoms with Crippen molar-refractivity contribution in [1.29, 1.82) is 0 Å². The van der Waals surface area contributed by atoms with Gasteiger partial charge in [0.05, 0.1) is 6.04 Å². The Hall–Kier alpha value is -1.36. The summed E-state index contributed by atoms with van der Waals surface area (Å²) in [7, 11) is 0. The molecular weight excluding hydrogens is 220 g/mol. The van der Waals surface area contributed by atoms with Crippen molar-refractivity contribution in [2.45, 2.75) is 33.4 Å². The lowest BCUT2D eigenvalue weighted by Crippen LogP contribution is -2.11. The largest absolute Gasteiger partial charge is 0.347 e. The molecule has 0 spiro atoms. The van der Waals surface area contributed by atoms with Crippen LogP contribution in [0.1, 0.15) is 30.6 Å². The summed E-state index contributed by atoms with van der Waals surface area (Å²) < 4.78 is 2.08.